The first-order chi connectivity index (χ1) is 37.5. The van der Waals surface area contributed by atoms with E-state index in [2.05, 4.69) is 57.7 Å². The van der Waals surface area contributed by atoms with Crippen LogP contribution in [0.2, 0.25) is 0 Å². The number of fused-ring (bicyclic) bond motifs is 1. The van der Waals surface area contributed by atoms with E-state index < -0.39 is 32.4 Å². The number of ether oxygens (including phenoxy) is 4. The Morgan fingerprint density at radius 1 is 0.949 bits per heavy atom. The summed E-state index contributed by atoms with van der Waals surface area (Å²) in [5, 5.41) is 26.1. The van der Waals surface area contributed by atoms with E-state index >= 15 is 4.39 Å². The molecule has 4 N–H and O–H groups in total. The summed E-state index contributed by atoms with van der Waals surface area (Å²) in [6, 6.07) is 20.2. The molecule has 18 nitrogen and oxygen atoms in total. The molecule has 2 saturated heterocycles. The molecule has 5 aromatic rings. The van der Waals surface area contributed by atoms with E-state index in [-0.39, 0.29) is 68.7 Å². The molecule has 0 bridgehead atoms. The number of carbonyl (C=O) groups is 1. The van der Waals surface area contributed by atoms with Crippen LogP contribution in [-0.2, 0) is 23.0 Å². The SMILES string of the molecule is C#Cc1ccccc1[C@@H]1CN(Cc2cc(OC)nc(OC)c2)CCN1C1CC2(CCN(c3ccc(C(=O)NS(=O)(=O)c4cnc(NC[C@H]5CC[C@](C)(O)CC5)c([NH+](C)[O-])c4)c(Oc4cc5c(nc4OC)CC=C5F)c3)CC2)C1. The van der Waals surface area contributed by atoms with Gasteiger partial charge in [-0.1, -0.05) is 24.1 Å². The number of carbonyl (C=O) groups excluding carboxylic acids is 1. The van der Waals surface area contributed by atoms with Crippen molar-refractivity contribution in [2.45, 2.75) is 93.8 Å². The molecule has 3 aliphatic carbocycles. The highest BCUT2D eigenvalue weighted by molar-refractivity contribution is 7.90. The van der Waals surface area contributed by atoms with Gasteiger partial charge in [0.05, 0.1) is 51.4 Å². The van der Waals surface area contributed by atoms with Gasteiger partial charge >= 0.3 is 0 Å². The monoisotopic (exact) mass is 1090 g/mol. The number of hydrogen-bond acceptors (Lipinski definition) is 16. The number of aliphatic hydroxyl groups is 1. The molecule has 78 heavy (non-hydrogen) atoms. The van der Waals surface area contributed by atoms with Crippen molar-refractivity contribution in [2.24, 2.45) is 11.3 Å². The molecule has 1 spiro atoms. The van der Waals surface area contributed by atoms with Crippen LogP contribution in [0.1, 0.15) is 103 Å². The number of hydrogen-bond donors (Lipinski definition) is 4. The fourth-order valence-electron chi connectivity index (χ4n) is 12.0. The van der Waals surface area contributed by atoms with E-state index in [9.17, 15) is 23.5 Å². The van der Waals surface area contributed by atoms with Crippen LogP contribution in [0.5, 0.6) is 29.1 Å². The minimum atomic E-state index is -4.60. The lowest BCUT2D eigenvalue weighted by molar-refractivity contribution is -0.751. The molecule has 3 aromatic heterocycles. The second-order valence-corrected chi connectivity index (χ2v) is 23.4. The molecule has 5 heterocycles. The molecular formula is C58H68FN9O9S. The van der Waals surface area contributed by atoms with Crippen LogP contribution in [0.4, 0.5) is 21.6 Å². The number of sulfonamides is 1. The largest absolute Gasteiger partial charge is 0.629 e. The van der Waals surface area contributed by atoms with Gasteiger partial charge in [-0.05, 0) is 111 Å². The zero-order valence-electron chi connectivity index (χ0n) is 44.8. The smallest absolute Gasteiger partial charge is 0.268 e. The topological polar surface area (TPSA) is 208 Å². The fraction of sp³-hybridized carbons (Fsp3) is 0.448. The van der Waals surface area contributed by atoms with Crippen LogP contribution in [0.3, 0.4) is 0 Å². The molecular weight excluding hydrogens is 1020 g/mol. The predicted molar refractivity (Wildman–Crippen MR) is 293 cm³/mol. The van der Waals surface area contributed by atoms with E-state index in [1.165, 1.54) is 38.4 Å². The van der Waals surface area contributed by atoms with Gasteiger partial charge < -0.3 is 44.5 Å². The van der Waals surface area contributed by atoms with Gasteiger partial charge in [0, 0.05) is 105 Å². The number of pyridine rings is 3. The van der Waals surface area contributed by atoms with Crippen molar-refractivity contribution in [3.05, 3.63) is 118 Å². The second kappa shape index (κ2) is 22.5. The fourth-order valence-corrected chi connectivity index (χ4v) is 13.0. The first-order valence-electron chi connectivity index (χ1n) is 26.6. The number of piperazine rings is 1. The average molecular weight is 1090 g/mol. The molecule has 2 atom stereocenters. The van der Waals surface area contributed by atoms with E-state index in [1.807, 2.05) is 31.2 Å². The summed E-state index contributed by atoms with van der Waals surface area (Å²) in [5.74, 6) is 3.05. The summed E-state index contributed by atoms with van der Waals surface area (Å²) in [7, 11) is 1.33. The second-order valence-electron chi connectivity index (χ2n) is 21.7. The molecule has 0 radical (unpaired) electrons. The number of rotatable bonds is 17. The number of quaternary nitrogens is 1. The molecule has 1 unspecified atom stereocenters. The average Bonchev–Trinajstić information content (AvgIpc) is 3.84. The van der Waals surface area contributed by atoms with Crippen LogP contribution in [-0.4, -0.2) is 123 Å². The van der Waals surface area contributed by atoms with Crippen LogP contribution in [0.25, 0.3) is 5.83 Å². The number of nitrogens with zero attached hydrogens (tertiary/aromatic N) is 6. The number of anilines is 2. The quantitative estimate of drug-likeness (QED) is 0.0548. The van der Waals surface area contributed by atoms with Gasteiger partial charge in [-0.25, -0.2) is 27.5 Å². The highest BCUT2D eigenvalue weighted by Gasteiger charge is 2.50. The van der Waals surface area contributed by atoms with Crippen LogP contribution in [0.15, 0.2) is 83.9 Å². The van der Waals surface area contributed by atoms with Crippen molar-refractivity contribution in [1.29, 1.82) is 0 Å². The van der Waals surface area contributed by atoms with Crippen LogP contribution >= 0.6 is 0 Å². The lowest BCUT2D eigenvalue weighted by Crippen LogP contribution is -2.98. The summed E-state index contributed by atoms with van der Waals surface area (Å²) in [6.07, 6.45) is 15.7. The van der Waals surface area contributed by atoms with Crippen molar-refractivity contribution < 1.29 is 46.7 Å². The third-order valence-electron chi connectivity index (χ3n) is 16.5. The summed E-state index contributed by atoms with van der Waals surface area (Å²) >= 11 is 0. The molecule has 20 heteroatoms. The highest BCUT2D eigenvalue weighted by atomic mass is 32.2. The Labute approximate surface area is 455 Å². The number of nitrogens with one attached hydrogen (secondary N) is 3. The van der Waals surface area contributed by atoms with Gasteiger partial charge in [0.15, 0.2) is 17.3 Å². The predicted octanol–water partition coefficient (Wildman–Crippen LogP) is 6.96. The van der Waals surface area contributed by atoms with Crippen molar-refractivity contribution in [2.75, 3.05) is 77.9 Å². The Morgan fingerprint density at radius 3 is 2.37 bits per heavy atom. The summed E-state index contributed by atoms with van der Waals surface area (Å²) in [6.45, 7) is 7.01. The van der Waals surface area contributed by atoms with Crippen molar-refractivity contribution >= 4 is 38.9 Å². The number of allylic oxidation sites excluding steroid dienone is 1. The number of amides is 1. The Kier molecular flexibility index (Phi) is 15.7. The first kappa shape index (κ1) is 54.5. The van der Waals surface area contributed by atoms with Crippen LogP contribution in [0, 0.1) is 28.9 Å². The van der Waals surface area contributed by atoms with Gasteiger partial charge in [0.2, 0.25) is 11.8 Å². The minimum Gasteiger partial charge on any atom is -0.629 e. The van der Waals surface area contributed by atoms with Crippen molar-refractivity contribution in [1.82, 2.24) is 29.5 Å². The Morgan fingerprint density at radius 2 is 1.68 bits per heavy atom. The Balaban J connectivity index is 0.851. The lowest BCUT2D eigenvalue weighted by atomic mass is 9.59. The summed E-state index contributed by atoms with van der Waals surface area (Å²) in [4.78, 5) is 34.5. The lowest BCUT2D eigenvalue weighted by Gasteiger charge is -2.58. The normalized spacial score (nSPS) is 21.9. The van der Waals surface area contributed by atoms with E-state index in [0.29, 0.717) is 49.4 Å². The van der Waals surface area contributed by atoms with Gasteiger partial charge in [-0.2, -0.15) is 4.98 Å². The highest BCUT2D eigenvalue weighted by Crippen LogP contribution is 2.53. The van der Waals surface area contributed by atoms with Crippen LogP contribution < -0.4 is 38.9 Å². The molecule has 2 aromatic carbocycles. The van der Waals surface area contributed by atoms with Gasteiger partial charge in [0.1, 0.15) is 16.5 Å². The Bertz CT molecular complexity index is 3210. The maximum absolute atomic E-state index is 15.0. The minimum absolute atomic E-state index is 0.00223. The standard InChI is InChI=1S/C58H68FN9O9S/c1-7-39-10-8-9-11-43(39)49-36-66(35-38-26-52(74-4)63-53(27-38)75-5)24-25-68(49)41-31-58(32-41)20-22-67(23-21-58)40-12-13-44(50(28-40)77-51-30-45-46(59)14-15-47(45)62-56(51)76-6)55(69)64-78(72,73)42-29-48(65(3)71)54(61-34-42)60-33-37-16-18-57(2,70)19-17-37/h1,8-14,26-30,34,37,41,49,65,70H,15-25,31-33,35-36H2,2-6H3,(H,60,61)(H,64,69)/t37-,49-,57-/m0/s1. The molecule has 5 aliphatic rings. The maximum atomic E-state index is 15.0. The molecule has 2 aliphatic heterocycles. The van der Waals surface area contributed by atoms with Gasteiger partial charge in [0.25, 0.3) is 21.8 Å². The summed E-state index contributed by atoms with van der Waals surface area (Å²) in [5.41, 5.74) is 3.91. The molecule has 2 saturated carbocycles. The number of piperidine rings is 1. The zero-order valence-corrected chi connectivity index (χ0v) is 45.6. The Hall–Kier alpha value is -6.86. The summed E-state index contributed by atoms with van der Waals surface area (Å²) < 4.78 is 68.1. The molecule has 10 rings (SSSR count). The molecule has 1 amide bonds. The third-order valence-corrected chi connectivity index (χ3v) is 17.8. The zero-order chi connectivity index (χ0) is 54.9. The van der Waals surface area contributed by atoms with Crippen molar-refractivity contribution in [3.8, 4) is 41.5 Å². The number of methoxy groups -OCH3 is 3. The van der Waals surface area contributed by atoms with Gasteiger partial charge in [-0.3, -0.25) is 14.6 Å². The van der Waals surface area contributed by atoms with Gasteiger partial charge in [-0.15, -0.1) is 6.42 Å². The van der Waals surface area contributed by atoms with E-state index in [1.54, 1.807) is 26.4 Å². The molecule has 4 fully saturated rings. The van der Waals surface area contributed by atoms with Crippen molar-refractivity contribution in [3.63, 3.8) is 0 Å². The third kappa shape index (κ3) is 11.6. The maximum Gasteiger partial charge on any atom is 0.268 e. The first-order valence-corrected chi connectivity index (χ1v) is 28.1. The number of aromatic nitrogens is 3. The number of hydroxylamine groups is 1. The number of terminal acetylenes is 1. The van der Waals surface area contributed by atoms with E-state index in [4.69, 9.17) is 25.4 Å². The van der Waals surface area contributed by atoms with E-state index in [0.717, 1.165) is 99.8 Å². The molecule has 412 valence electrons. The number of benzene rings is 2. The number of halogens is 1.